The molecular weight excluding hydrogens is 312 g/mol. The topological polar surface area (TPSA) is 35.8 Å². The summed E-state index contributed by atoms with van der Waals surface area (Å²) in [5.74, 6) is 0. The second-order valence-corrected chi connectivity index (χ2v) is 5.14. The monoisotopic (exact) mass is 320 g/mol. The normalized spacial score (nSPS) is 9.83. The van der Waals surface area contributed by atoms with Crippen molar-refractivity contribution >= 4 is 33.2 Å². The Morgan fingerprint density at radius 2 is 2.06 bits per heavy atom. The number of hydrogen-bond donors (Lipinski definition) is 1. The predicted molar refractivity (Wildman–Crippen MR) is 77.6 cm³/mol. The third-order valence-corrected chi connectivity index (χ3v) is 3.20. The van der Waals surface area contributed by atoms with E-state index in [0.29, 0.717) is 17.1 Å². The molecule has 0 fully saturated rings. The Bertz CT molecular complexity index is 605. The van der Waals surface area contributed by atoms with Crippen LogP contribution < -0.4 is 5.32 Å². The van der Waals surface area contributed by atoms with Gasteiger partial charge in [0.15, 0.2) is 0 Å². The van der Waals surface area contributed by atoms with E-state index < -0.39 is 0 Å². The Hall–Kier alpha value is -1.50. The largest absolute Gasteiger partial charge is 0.380 e. The highest BCUT2D eigenvalue weighted by molar-refractivity contribution is 9.10. The van der Waals surface area contributed by atoms with Crippen molar-refractivity contribution in [2.24, 2.45) is 0 Å². The van der Waals surface area contributed by atoms with Crippen LogP contribution in [0, 0.1) is 11.3 Å². The zero-order chi connectivity index (χ0) is 13.0. The summed E-state index contributed by atoms with van der Waals surface area (Å²) in [5.41, 5.74) is 2.48. The van der Waals surface area contributed by atoms with Gasteiger partial charge in [0.05, 0.1) is 11.3 Å². The summed E-state index contributed by atoms with van der Waals surface area (Å²) in [5, 5.41) is 12.8. The first-order valence-corrected chi connectivity index (χ1v) is 6.54. The lowest BCUT2D eigenvalue weighted by molar-refractivity contribution is 1.14. The maximum absolute atomic E-state index is 9.01. The average molecular weight is 322 g/mol. The maximum atomic E-state index is 9.01. The second-order valence-electron chi connectivity index (χ2n) is 3.79. The van der Waals surface area contributed by atoms with Gasteiger partial charge in [0.25, 0.3) is 0 Å². The third kappa shape index (κ3) is 3.25. The van der Waals surface area contributed by atoms with Gasteiger partial charge in [0.1, 0.15) is 6.07 Å². The molecule has 2 rings (SSSR count). The minimum Gasteiger partial charge on any atom is -0.380 e. The molecule has 0 saturated carbocycles. The summed E-state index contributed by atoms with van der Waals surface area (Å²) in [6, 6.07) is 15.3. The van der Waals surface area contributed by atoms with E-state index in [0.717, 1.165) is 15.7 Å². The van der Waals surface area contributed by atoms with Crippen molar-refractivity contribution in [3.05, 3.63) is 63.1 Å². The first kappa shape index (κ1) is 12.9. The smallest absolute Gasteiger partial charge is 0.101 e. The highest BCUT2D eigenvalue weighted by Gasteiger charge is 2.02. The van der Waals surface area contributed by atoms with Crippen LogP contribution in [0.4, 0.5) is 5.69 Å². The van der Waals surface area contributed by atoms with Crippen LogP contribution in [-0.2, 0) is 6.54 Å². The van der Waals surface area contributed by atoms with Gasteiger partial charge in [-0.1, -0.05) is 39.7 Å². The van der Waals surface area contributed by atoms with Gasteiger partial charge < -0.3 is 5.32 Å². The Labute approximate surface area is 119 Å². The van der Waals surface area contributed by atoms with Crippen LogP contribution in [0.1, 0.15) is 11.1 Å². The molecule has 0 aliphatic carbocycles. The molecule has 90 valence electrons. The quantitative estimate of drug-likeness (QED) is 0.897. The molecule has 0 aliphatic heterocycles. The van der Waals surface area contributed by atoms with Gasteiger partial charge in [-0.05, 0) is 35.9 Å². The molecule has 18 heavy (non-hydrogen) atoms. The molecule has 0 aliphatic rings. The predicted octanol–water partition coefficient (Wildman–Crippen LogP) is 4.59. The molecule has 0 spiro atoms. The van der Waals surface area contributed by atoms with Gasteiger partial charge in [-0.25, -0.2) is 0 Å². The number of halogens is 2. The second kappa shape index (κ2) is 5.90. The molecule has 0 amide bonds. The summed E-state index contributed by atoms with van der Waals surface area (Å²) in [4.78, 5) is 0. The maximum Gasteiger partial charge on any atom is 0.101 e. The van der Waals surface area contributed by atoms with Crippen LogP contribution in [0.3, 0.4) is 0 Å². The fourth-order valence-electron chi connectivity index (χ4n) is 1.60. The Morgan fingerprint density at radius 1 is 1.22 bits per heavy atom. The summed E-state index contributed by atoms with van der Waals surface area (Å²) in [7, 11) is 0. The standard InChI is InChI=1S/C14H10BrClN2/c15-12-3-1-2-10(6-12)9-18-14-7-13(16)5-4-11(14)8-17/h1-7,18H,9H2. The number of nitrogens with zero attached hydrogens (tertiary/aromatic N) is 1. The lowest BCUT2D eigenvalue weighted by atomic mass is 10.1. The Kier molecular flexibility index (Phi) is 4.24. The zero-order valence-electron chi connectivity index (χ0n) is 9.45. The third-order valence-electron chi connectivity index (χ3n) is 2.47. The molecule has 0 saturated heterocycles. The van der Waals surface area contributed by atoms with E-state index >= 15 is 0 Å². The van der Waals surface area contributed by atoms with E-state index in [1.165, 1.54) is 0 Å². The molecule has 2 aromatic rings. The van der Waals surface area contributed by atoms with Gasteiger partial charge in [0, 0.05) is 16.0 Å². The van der Waals surface area contributed by atoms with Crippen molar-refractivity contribution in [3.63, 3.8) is 0 Å². The molecule has 0 radical (unpaired) electrons. The lowest BCUT2D eigenvalue weighted by Crippen LogP contribution is -2.01. The number of anilines is 1. The van der Waals surface area contributed by atoms with Crippen molar-refractivity contribution in [1.29, 1.82) is 5.26 Å². The minimum absolute atomic E-state index is 0.592. The van der Waals surface area contributed by atoms with Crippen molar-refractivity contribution in [2.45, 2.75) is 6.54 Å². The summed E-state index contributed by atoms with van der Waals surface area (Å²) in [6.45, 7) is 0.647. The van der Waals surface area contributed by atoms with E-state index in [2.05, 4.69) is 27.3 Å². The highest BCUT2D eigenvalue weighted by atomic mass is 79.9. The van der Waals surface area contributed by atoms with Crippen molar-refractivity contribution < 1.29 is 0 Å². The van der Waals surface area contributed by atoms with E-state index in [4.69, 9.17) is 16.9 Å². The molecular formula is C14H10BrClN2. The van der Waals surface area contributed by atoms with Crippen molar-refractivity contribution in [1.82, 2.24) is 0 Å². The van der Waals surface area contributed by atoms with Gasteiger partial charge in [-0.3, -0.25) is 0 Å². The van der Waals surface area contributed by atoms with Crippen molar-refractivity contribution in [3.8, 4) is 6.07 Å². The van der Waals surface area contributed by atoms with Crippen LogP contribution in [0.2, 0.25) is 5.02 Å². The van der Waals surface area contributed by atoms with Gasteiger partial charge in [-0.15, -0.1) is 0 Å². The number of benzene rings is 2. The highest BCUT2D eigenvalue weighted by Crippen LogP contribution is 2.21. The average Bonchev–Trinajstić information content (AvgIpc) is 2.37. The molecule has 2 aromatic carbocycles. The molecule has 4 heteroatoms. The summed E-state index contributed by atoms with van der Waals surface area (Å²) >= 11 is 9.35. The fraction of sp³-hybridized carbons (Fsp3) is 0.0714. The summed E-state index contributed by atoms with van der Waals surface area (Å²) < 4.78 is 1.04. The number of nitrogens with one attached hydrogen (secondary N) is 1. The molecule has 0 bridgehead atoms. The first-order chi connectivity index (χ1) is 8.69. The van der Waals surface area contributed by atoms with Crippen LogP contribution in [-0.4, -0.2) is 0 Å². The lowest BCUT2D eigenvalue weighted by Gasteiger charge is -2.09. The Morgan fingerprint density at radius 3 is 2.78 bits per heavy atom. The number of hydrogen-bond acceptors (Lipinski definition) is 2. The van der Waals surface area contributed by atoms with E-state index in [1.807, 2.05) is 24.3 Å². The van der Waals surface area contributed by atoms with Crippen LogP contribution in [0.25, 0.3) is 0 Å². The minimum atomic E-state index is 0.592. The van der Waals surface area contributed by atoms with Gasteiger partial charge in [0.2, 0.25) is 0 Å². The molecule has 1 N–H and O–H groups in total. The first-order valence-electron chi connectivity index (χ1n) is 5.37. The van der Waals surface area contributed by atoms with Crippen LogP contribution in [0.15, 0.2) is 46.9 Å². The molecule has 0 unspecified atom stereocenters. The number of rotatable bonds is 3. The van der Waals surface area contributed by atoms with Crippen LogP contribution >= 0.6 is 27.5 Å². The fourth-order valence-corrected chi connectivity index (χ4v) is 2.22. The van der Waals surface area contributed by atoms with E-state index in [-0.39, 0.29) is 0 Å². The SMILES string of the molecule is N#Cc1ccc(Cl)cc1NCc1cccc(Br)c1. The molecule has 2 nitrogen and oxygen atoms in total. The molecule has 0 atom stereocenters. The number of nitriles is 1. The van der Waals surface area contributed by atoms with Crippen LogP contribution in [0.5, 0.6) is 0 Å². The van der Waals surface area contributed by atoms with E-state index in [9.17, 15) is 0 Å². The molecule has 0 heterocycles. The summed E-state index contributed by atoms with van der Waals surface area (Å²) in [6.07, 6.45) is 0. The molecule has 0 aromatic heterocycles. The van der Waals surface area contributed by atoms with Gasteiger partial charge >= 0.3 is 0 Å². The van der Waals surface area contributed by atoms with Gasteiger partial charge in [-0.2, -0.15) is 5.26 Å². The zero-order valence-corrected chi connectivity index (χ0v) is 11.8. The van der Waals surface area contributed by atoms with E-state index in [1.54, 1.807) is 18.2 Å². The van der Waals surface area contributed by atoms with Crippen molar-refractivity contribution in [2.75, 3.05) is 5.32 Å². The Balaban J connectivity index is 2.15.